The number of anilines is 1. The van der Waals surface area contributed by atoms with Gasteiger partial charge in [0.05, 0.1) is 0 Å². The highest BCUT2D eigenvalue weighted by Gasteiger charge is 2.15. The van der Waals surface area contributed by atoms with Gasteiger partial charge < -0.3 is 19.2 Å². The van der Waals surface area contributed by atoms with Crippen molar-refractivity contribution in [2.24, 2.45) is 0 Å². The van der Waals surface area contributed by atoms with Gasteiger partial charge in [-0.1, -0.05) is 6.07 Å². The SMILES string of the molecule is Cc1cc(OC(F)F)ccc1NC(=O)c1ccc(COc2ccc3c(c2)CCC3)o1. The van der Waals surface area contributed by atoms with Gasteiger partial charge in [-0.05, 0) is 85.3 Å². The Labute approximate surface area is 172 Å². The molecule has 1 N–H and O–H groups in total. The quantitative estimate of drug-likeness (QED) is 0.555. The molecule has 0 unspecified atom stereocenters. The summed E-state index contributed by atoms with van der Waals surface area (Å²) in [4.78, 5) is 12.4. The molecule has 4 rings (SSSR count). The predicted molar refractivity (Wildman–Crippen MR) is 107 cm³/mol. The van der Waals surface area contributed by atoms with Crippen LogP contribution < -0.4 is 14.8 Å². The van der Waals surface area contributed by atoms with E-state index in [1.54, 1.807) is 19.1 Å². The zero-order valence-corrected chi connectivity index (χ0v) is 16.4. The van der Waals surface area contributed by atoms with E-state index in [0.29, 0.717) is 17.0 Å². The van der Waals surface area contributed by atoms with E-state index in [4.69, 9.17) is 9.15 Å². The fourth-order valence-corrected chi connectivity index (χ4v) is 3.51. The number of hydrogen-bond donors (Lipinski definition) is 1. The summed E-state index contributed by atoms with van der Waals surface area (Å²) in [5.74, 6) is 1.03. The molecule has 0 radical (unpaired) electrons. The Morgan fingerprint density at radius 1 is 1.07 bits per heavy atom. The molecule has 5 nitrogen and oxygen atoms in total. The Morgan fingerprint density at radius 2 is 1.87 bits per heavy atom. The molecule has 2 aromatic carbocycles. The first-order valence-electron chi connectivity index (χ1n) is 9.68. The molecule has 1 aliphatic carbocycles. The van der Waals surface area contributed by atoms with Crippen LogP contribution in [0.3, 0.4) is 0 Å². The monoisotopic (exact) mass is 413 g/mol. The van der Waals surface area contributed by atoms with Crippen molar-refractivity contribution in [2.75, 3.05) is 5.32 Å². The van der Waals surface area contributed by atoms with Crippen LogP contribution in [0, 0.1) is 6.92 Å². The molecule has 0 saturated heterocycles. The number of amides is 1. The maximum Gasteiger partial charge on any atom is 0.387 e. The summed E-state index contributed by atoms with van der Waals surface area (Å²) in [6.07, 6.45) is 3.37. The lowest BCUT2D eigenvalue weighted by atomic mass is 10.1. The van der Waals surface area contributed by atoms with E-state index in [2.05, 4.69) is 22.2 Å². The molecule has 7 heteroatoms. The number of carbonyl (C=O) groups is 1. The second kappa shape index (κ2) is 8.57. The fourth-order valence-electron chi connectivity index (χ4n) is 3.51. The molecule has 1 aliphatic rings. The lowest BCUT2D eigenvalue weighted by molar-refractivity contribution is -0.0498. The first-order valence-corrected chi connectivity index (χ1v) is 9.68. The van der Waals surface area contributed by atoms with Crippen LogP contribution in [0.25, 0.3) is 0 Å². The third-order valence-corrected chi connectivity index (χ3v) is 5.01. The molecular weight excluding hydrogens is 392 g/mol. The third kappa shape index (κ3) is 4.62. The number of carbonyl (C=O) groups excluding carboxylic acids is 1. The van der Waals surface area contributed by atoms with E-state index in [0.717, 1.165) is 18.6 Å². The molecule has 0 bridgehead atoms. The average molecular weight is 413 g/mol. The minimum Gasteiger partial charge on any atom is -0.486 e. The van der Waals surface area contributed by atoms with Crippen molar-refractivity contribution in [3.63, 3.8) is 0 Å². The number of nitrogens with one attached hydrogen (secondary N) is 1. The molecule has 156 valence electrons. The third-order valence-electron chi connectivity index (χ3n) is 5.01. The summed E-state index contributed by atoms with van der Waals surface area (Å²) in [5.41, 5.74) is 3.78. The van der Waals surface area contributed by atoms with Gasteiger partial charge in [-0.3, -0.25) is 4.79 Å². The van der Waals surface area contributed by atoms with Crippen molar-refractivity contribution in [3.05, 3.63) is 76.7 Å². The Morgan fingerprint density at radius 3 is 2.67 bits per heavy atom. The molecule has 0 saturated carbocycles. The Bertz CT molecular complexity index is 1060. The van der Waals surface area contributed by atoms with Crippen molar-refractivity contribution >= 4 is 11.6 Å². The van der Waals surface area contributed by atoms with Crippen molar-refractivity contribution in [2.45, 2.75) is 39.4 Å². The number of fused-ring (bicyclic) bond motifs is 1. The Balaban J connectivity index is 1.36. The van der Waals surface area contributed by atoms with Crippen LogP contribution >= 0.6 is 0 Å². The van der Waals surface area contributed by atoms with Gasteiger partial charge in [0, 0.05) is 5.69 Å². The summed E-state index contributed by atoms with van der Waals surface area (Å²) in [5, 5.41) is 2.71. The minimum atomic E-state index is -2.90. The van der Waals surface area contributed by atoms with Crippen LogP contribution in [0.15, 0.2) is 52.9 Å². The molecule has 0 atom stereocenters. The highest BCUT2D eigenvalue weighted by Crippen LogP contribution is 2.27. The number of halogens is 2. The number of hydrogen-bond acceptors (Lipinski definition) is 4. The summed E-state index contributed by atoms with van der Waals surface area (Å²) < 4.78 is 40.3. The van der Waals surface area contributed by atoms with Crippen molar-refractivity contribution in [1.82, 2.24) is 0 Å². The number of rotatable bonds is 7. The largest absolute Gasteiger partial charge is 0.486 e. The molecule has 1 heterocycles. The average Bonchev–Trinajstić information content (AvgIpc) is 3.36. The van der Waals surface area contributed by atoms with E-state index in [9.17, 15) is 13.6 Å². The van der Waals surface area contributed by atoms with Crippen LogP contribution in [0.5, 0.6) is 11.5 Å². The second-order valence-electron chi connectivity index (χ2n) is 7.15. The van der Waals surface area contributed by atoms with Gasteiger partial charge in [-0.2, -0.15) is 8.78 Å². The molecule has 1 aromatic heterocycles. The van der Waals surface area contributed by atoms with Crippen molar-refractivity contribution in [1.29, 1.82) is 0 Å². The van der Waals surface area contributed by atoms with E-state index < -0.39 is 12.5 Å². The molecule has 0 aliphatic heterocycles. The van der Waals surface area contributed by atoms with Crippen LogP contribution in [-0.4, -0.2) is 12.5 Å². The molecule has 1 amide bonds. The van der Waals surface area contributed by atoms with Gasteiger partial charge in [0.2, 0.25) is 0 Å². The molecule has 30 heavy (non-hydrogen) atoms. The minimum absolute atomic E-state index is 0.0319. The number of ether oxygens (including phenoxy) is 2. The van der Waals surface area contributed by atoms with Crippen molar-refractivity contribution < 1.29 is 27.5 Å². The lowest BCUT2D eigenvalue weighted by Gasteiger charge is -2.10. The topological polar surface area (TPSA) is 60.7 Å². The first kappa shape index (κ1) is 19.9. The van der Waals surface area contributed by atoms with Gasteiger partial charge in [-0.15, -0.1) is 0 Å². The van der Waals surface area contributed by atoms with E-state index in [1.807, 2.05) is 6.07 Å². The highest BCUT2D eigenvalue weighted by molar-refractivity contribution is 6.02. The van der Waals surface area contributed by atoms with E-state index in [1.165, 1.54) is 35.7 Å². The second-order valence-corrected chi connectivity index (χ2v) is 7.15. The zero-order valence-electron chi connectivity index (χ0n) is 16.4. The van der Waals surface area contributed by atoms with Gasteiger partial charge in [-0.25, -0.2) is 0 Å². The van der Waals surface area contributed by atoms with Crippen LogP contribution in [0.1, 0.15) is 39.4 Å². The summed E-state index contributed by atoms with van der Waals surface area (Å²) in [6.45, 7) is -0.998. The Kier molecular flexibility index (Phi) is 5.70. The number of aryl methyl sites for hydroxylation is 3. The number of alkyl halides is 2. The molecule has 0 fully saturated rings. The summed E-state index contributed by atoms with van der Waals surface area (Å²) in [6, 6.07) is 13.7. The van der Waals surface area contributed by atoms with Gasteiger partial charge in [0.25, 0.3) is 5.91 Å². The van der Waals surface area contributed by atoms with Crippen LogP contribution in [0.2, 0.25) is 0 Å². The highest BCUT2D eigenvalue weighted by atomic mass is 19.3. The van der Waals surface area contributed by atoms with Gasteiger partial charge >= 0.3 is 6.61 Å². The van der Waals surface area contributed by atoms with Gasteiger partial charge in [0.15, 0.2) is 5.76 Å². The van der Waals surface area contributed by atoms with Gasteiger partial charge in [0.1, 0.15) is 23.9 Å². The first-order chi connectivity index (χ1) is 14.5. The van der Waals surface area contributed by atoms with Crippen molar-refractivity contribution in [3.8, 4) is 11.5 Å². The number of benzene rings is 2. The zero-order chi connectivity index (χ0) is 21.1. The fraction of sp³-hybridized carbons (Fsp3) is 0.261. The Hall–Kier alpha value is -3.35. The van der Waals surface area contributed by atoms with Crippen LogP contribution in [0.4, 0.5) is 14.5 Å². The van der Waals surface area contributed by atoms with E-state index >= 15 is 0 Å². The molecular formula is C23H21F2NO4. The standard InChI is InChI=1S/C23H21F2NO4/c1-14-11-18(30-23(24)25)7-9-20(14)26-22(27)21-10-8-19(29-21)13-28-17-6-5-15-3-2-4-16(15)12-17/h5-12,23H,2-4,13H2,1H3,(H,26,27). The van der Waals surface area contributed by atoms with E-state index in [-0.39, 0.29) is 18.1 Å². The number of furan rings is 1. The summed E-state index contributed by atoms with van der Waals surface area (Å²) in [7, 11) is 0. The molecule has 0 spiro atoms. The maximum atomic E-state index is 12.4. The molecule has 3 aromatic rings. The summed E-state index contributed by atoms with van der Waals surface area (Å²) >= 11 is 0. The normalized spacial score (nSPS) is 12.7. The lowest BCUT2D eigenvalue weighted by Crippen LogP contribution is -2.12. The maximum absolute atomic E-state index is 12.4. The smallest absolute Gasteiger partial charge is 0.387 e. The predicted octanol–water partition coefficient (Wildman–Crippen LogP) is 5.51. The van der Waals surface area contributed by atoms with Crippen LogP contribution in [-0.2, 0) is 19.4 Å².